The van der Waals surface area contributed by atoms with Crippen LogP contribution in [-0.4, -0.2) is 31.1 Å². The molecule has 120 valence electrons. The second-order valence-electron chi connectivity index (χ2n) is 4.44. The van der Waals surface area contributed by atoms with Gasteiger partial charge in [-0.2, -0.15) is 0 Å². The number of sulfone groups is 1. The summed E-state index contributed by atoms with van der Waals surface area (Å²) in [5.41, 5.74) is -0.0645. The topological polar surface area (TPSA) is 106 Å². The van der Waals surface area contributed by atoms with Crippen molar-refractivity contribution < 1.29 is 32.3 Å². The van der Waals surface area contributed by atoms with Crippen LogP contribution in [0.5, 0.6) is 0 Å². The first kappa shape index (κ1) is 17.0. The number of carboxylic acids is 1. The van der Waals surface area contributed by atoms with Gasteiger partial charge in [-0.15, -0.1) is 11.3 Å². The smallest absolute Gasteiger partial charge is 0.372 e. The maximum atomic E-state index is 12.9. The summed E-state index contributed by atoms with van der Waals surface area (Å²) in [6.07, 6.45) is -0.845. The summed E-state index contributed by atoms with van der Waals surface area (Å²) in [4.78, 5) is 33.1. The Labute approximate surface area is 134 Å². The third kappa shape index (κ3) is 3.69. The van der Waals surface area contributed by atoms with Gasteiger partial charge in [-0.3, -0.25) is 9.59 Å². The molecule has 2 rings (SSSR count). The molecule has 0 aliphatic rings. The van der Waals surface area contributed by atoms with Gasteiger partial charge in [0.05, 0.1) is 11.3 Å². The molecule has 0 unspecified atom stereocenters. The van der Waals surface area contributed by atoms with Crippen molar-refractivity contribution in [1.82, 2.24) is 0 Å². The number of Topliss-reactive ketones (excluding diaryl/α,β-unsaturated/α-hetero) is 2. The molecule has 0 fully saturated rings. The molecule has 9 heteroatoms. The Morgan fingerprint density at radius 1 is 1.13 bits per heavy atom. The second-order valence-corrected chi connectivity index (χ2v) is 7.53. The minimum atomic E-state index is -3.91. The number of carbonyl (C=O) groups excluding carboxylic acids is 2. The van der Waals surface area contributed by atoms with Crippen molar-refractivity contribution in [3.8, 4) is 0 Å². The lowest BCUT2D eigenvalue weighted by atomic mass is 10.1. The molecule has 0 amide bonds. The molecule has 0 aliphatic carbocycles. The van der Waals surface area contributed by atoms with Crippen molar-refractivity contribution in [2.45, 2.75) is 15.5 Å². The van der Waals surface area contributed by atoms with Gasteiger partial charge in [0.1, 0.15) is 10.0 Å². The fourth-order valence-corrected chi connectivity index (χ4v) is 4.24. The van der Waals surface area contributed by atoms with Crippen LogP contribution in [0.25, 0.3) is 0 Å². The number of benzene rings is 1. The summed E-state index contributed by atoms with van der Waals surface area (Å²) in [6, 6.07) is 5.26. The van der Waals surface area contributed by atoms with E-state index in [4.69, 9.17) is 5.11 Å². The van der Waals surface area contributed by atoms with Crippen LogP contribution in [0.3, 0.4) is 0 Å². The molecule has 0 saturated heterocycles. The molecule has 1 N–H and O–H groups in total. The number of hydrogen-bond donors (Lipinski definition) is 1. The maximum Gasteiger partial charge on any atom is 0.372 e. The molecule has 0 aliphatic heterocycles. The van der Waals surface area contributed by atoms with Crippen LogP contribution in [0.4, 0.5) is 4.39 Å². The Morgan fingerprint density at radius 3 is 2.30 bits per heavy atom. The number of thiophene rings is 1. The normalized spacial score (nSPS) is 11.2. The average Bonchev–Trinajstić information content (AvgIpc) is 2.98. The maximum absolute atomic E-state index is 12.9. The Morgan fingerprint density at radius 2 is 1.74 bits per heavy atom. The highest BCUT2D eigenvalue weighted by Crippen LogP contribution is 2.27. The first-order chi connectivity index (χ1) is 10.7. The van der Waals surface area contributed by atoms with Crippen molar-refractivity contribution in [1.29, 1.82) is 0 Å². The molecule has 2 aromatic rings. The van der Waals surface area contributed by atoms with Gasteiger partial charge in [0.15, 0.2) is 5.78 Å². The Kier molecular flexibility index (Phi) is 4.71. The van der Waals surface area contributed by atoms with Gasteiger partial charge < -0.3 is 5.11 Å². The first-order valence-electron chi connectivity index (χ1n) is 6.10. The number of hydrogen-bond acceptors (Lipinski definition) is 6. The summed E-state index contributed by atoms with van der Waals surface area (Å²) < 4.78 is 37.4. The van der Waals surface area contributed by atoms with Crippen LogP contribution in [0.2, 0.25) is 0 Å². The number of carboxylic acid groups (broad SMARTS) is 1. The van der Waals surface area contributed by atoms with E-state index < -0.39 is 39.6 Å². The zero-order chi connectivity index (χ0) is 17.2. The van der Waals surface area contributed by atoms with Crippen LogP contribution in [0.1, 0.15) is 16.8 Å². The molecule has 0 atom stereocenters. The largest absolute Gasteiger partial charge is 0.475 e. The molecule has 0 spiro atoms. The molecular weight excluding hydrogens is 347 g/mol. The first-order valence-corrected chi connectivity index (χ1v) is 8.46. The minimum absolute atomic E-state index is 0.0645. The van der Waals surface area contributed by atoms with Crippen molar-refractivity contribution in [3.05, 3.63) is 47.1 Å². The molecule has 0 radical (unpaired) electrons. The predicted molar refractivity (Wildman–Crippen MR) is 77.8 cm³/mol. The van der Waals surface area contributed by atoms with E-state index in [1.165, 1.54) is 5.38 Å². The average molecular weight is 356 g/mol. The quantitative estimate of drug-likeness (QED) is 0.367. The van der Waals surface area contributed by atoms with Gasteiger partial charge in [-0.1, -0.05) is 0 Å². The van der Waals surface area contributed by atoms with Crippen LogP contribution in [0.15, 0.2) is 44.8 Å². The van der Waals surface area contributed by atoms with Crippen molar-refractivity contribution in [3.63, 3.8) is 0 Å². The van der Waals surface area contributed by atoms with Crippen molar-refractivity contribution >= 4 is 38.7 Å². The number of carbonyl (C=O) groups is 3. The van der Waals surface area contributed by atoms with Crippen molar-refractivity contribution in [2.75, 3.05) is 0 Å². The highest BCUT2D eigenvalue weighted by atomic mass is 32.2. The third-order valence-electron chi connectivity index (χ3n) is 2.85. The van der Waals surface area contributed by atoms with Gasteiger partial charge in [-0.05, 0) is 30.3 Å². The van der Waals surface area contributed by atoms with E-state index in [0.29, 0.717) is 0 Å². The van der Waals surface area contributed by atoms with E-state index in [1.807, 2.05) is 0 Å². The third-order valence-corrected chi connectivity index (χ3v) is 6.06. The SMILES string of the molecule is O=C(O)C(=O)CC(=O)c1csc(S(=O)(=O)c2ccc(F)cc2)c1. The predicted octanol–water partition coefficient (Wildman–Crippen LogP) is 1.95. The molecule has 23 heavy (non-hydrogen) atoms. The van der Waals surface area contributed by atoms with E-state index in [2.05, 4.69) is 0 Å². The number of halogens is 1. The van der Waals surface area contributed by atoms with Gasteiger partial charge in [0.25, 0.3) is 0 Å². The van der Waals surface area contributed by atoms with E-state index in [9.17, 15) is 27.2 Å². The molecule has 1 aromatic heterocycles. The molecule has 1 aromatic carbocycles. The van der Waals surface area contributed by atoms with Crippen LogP contribution in [0, 0.1) is 5.82 Å². The summed E-state index contributed by atoms with van der Waals surface area (Å²) in [5.74, 6) is -4.37. The van der Waals surface area contributed by atoms with Crippen LogP contribution < -0.4 is 0 Å². The molecule has 1 heterocycles. The number of ketones is 2. The van der Waals surface area contributed by atoms with Crippen molar-refractivity contribution in [2.24, 2.45) is 0 Å². The highest BCUT2D eigenvalue weighted by Gasteiger charge is 2.23. The lowest BCUT2D eigenvalue weighted by Gasteiger charge is -2.01. The second kappa shape index (κ2) is 6.39. The number of rotatable bonds is 6. The zero-order valence-electron chi connectivity index (χ0n) is 11.4. The minimum Gasteiger partial charge on any atom is -0.475 e. The fraction of sp³-hybridized carbons (Fsp3) is 0.0714. The van der Waals surface area contributed by atoms with E-state index in [1.54, 1.807) is 0 Å². The van der Waals surface area contributed by atoms with E-state index in [-0.39, 0.29) is 14.7 Å². The summed E-state index contributed by atoms with van der Waals surface area (Å²) in [7, 11) is -3.91. The lowest BCUT2D eigenvalue weighted by Crippen LogP contribution is -2.16. The van der Waals surface area contributed by atoms with E-state index >= 15 is 0 Å². The van der Waals surface area contributed by atoms with Gasteiger partial charge in [-0.25, -0.2) is 17.6 Å². The van der Waals surface area contributed by atoms with Gasteiger partial charge in [0.2, 0.25) is 15.6 Å². The molecule has 0 bridgehead atoms. The van der Waals surface area contributed by atoms with Crippen LogP contribution >= 0.6 is 11.3 Å². The molecule has 0 saturated carbocycles. The zero-order valence-corrected chi connectivity index (χ0v) is 13.0. The van der Waals surface area contributed by atoms with Crippen LogP contribution in [-0.2, 0) is 19.4 Å². The monoisotopic (exact) mass is 356 g/mol. The Balaban J connectivity index is 2.28. The number of aliphatic carboxylic acids is 1. The summed E-state index contributed by atoms with van der Waals surface area (Å²) >= 11 is 0.758. The van der Waals surface area contributed by atoms with E-state index in [0.717, 1.165) is 41.7 Å². The summed E-state index contributed by atoms with van der Waals surface area (Å²) in [6.45, 7) is 0. The molecule has 6 nitrogen and oxygen atoms in total. The van der Waals surface area contributed by atoms with Gasteiger partial charge in [0, 0.05) is 10.9 Å². The molecular formula is C14H9FO6S2. The summed E-state index contributed by atoms with van der Waals surface area (Å²) in [5, 5.41) is 9.69. The Bertz CT molecular complexity index is 880. The lowest BCUT2D eigenvalue weighted by molar-refractivity contribution is -0.148. The fourth-order valence-electron chi connectivity index (χ4n) is 1.66. The highest BCUT2D eigenvalue weighted by molar-refractivity contribution is 7.93. The van der Waals surface area contributed by atoms with Gasteiger partial charge >= 0.3 is 5.97 Å². The Hall–Kier alpha value is -2.39. The standard InChI is InChI=1S/C14H9FO6S2/c15-9-1-3-10(4-2-9)23(20,21)13-5-8(7-22-13)11(16)6-12(17)14(18)19/h1-5,7H,6H2,(H,18,19).